The van der Waals surface area contributed by atoms with Crippen molar-refractivity contribution in [3.05, 3.63) is 416 Å². The highest BCUT2D eigenvalue weighted by molar-refractivity contribution is 7.00. The van der Waals surface area contributed by atoms with E-state index in [-0.39, 0.29) is 45.9 Å². The van der Waals surface area contributed by atoms with E-state index in [4.69, 9.17) is 18.6 Å². The Labute approximate surface area is 780 Å². The predicted octanol–water partition coefficient (Wildman–Crippen LogP) is 27.2. The lowest BCUT2D eigenvalue weighted by Gasteiger charge is -2.44. The van der Waals surface area contributed by atoms with Gasteiger partial charge >= 0.3 is 0 Å². The van der Waals surface area contributed by atoms with Gasteiger partial charge in [0.2, 0.25) is 0 Å². The summed E-state index contributed by atoms with van der Waals surface area (Å²) in [6, 6.07) is 120. The lowest BCUT2D eigenvalue weighted by molar-refractivity contribution is 0.0598. The van der Waals surface area contributed by atoms with Gasteiger partial charge in [-0.05, 0) is 228 Å². The van der Waals surface area contributed by atoms with Gasteiger partial charge in [0, 0.05) is 121 Å². The second-order valence-corrected chi connectivity index (χ2v) is 44.1. The molecule has 2 aliphatic carbocycles. The molecule has 0 atom stereocenters. The van der Waals surface area contributed by atoms with Crippen molar-refractivity contribution in [2.75, 3.05) is 26.2 Å². The first-order valence-corrected chi connectivity index (χ1v) is 48.0. The summed E-state index contributed by atoms with van der Waals surface area (Å²) < 4.78 is 31.0. The van der Waals surface area contributed by atoms with Crippen molar-refractivity contribution in [1.82, 2.24) is 0 Å². The monoisotopic (exact) mass is 1720 g/mol. The molecule has 0 saturated carbocycles. The molecular weight excluding hydrogens is 1610 g/mol. The minimum atomic E-state index is -0.840. The maximum Gasteiger partial charge on any atom is 0.297 e. The van der Waals surface area contributed by atoms with Gasteiger partial charge < -0.3 is 33.3 Å². The van der Waals surface area contributed by atoms with E-state index in [9.17, 15) is 0 Å². The highest BCUT2D eigenvalue weighted by Gasteiger charge is 2.59. The number of fused-ring (bicyclic) bond motifs is 17. The van der Waals surface area contributed by atoms with Gasteiger partial charge in [-0.3, -0.25) is 4.90 Å². The zero-order valence-corrected chi connectivity index (χ0v) is 79.0. The molecule has 0 amide bonds. The van der Waals surface area contributed by atoms with Crippen molar-refractivity contribution >= 4 is 103 Å². The number of hydrogen-bond acceptors (Lipinski definition) is 8. The van der Waals surface area contributed by atoms with Gasteiger partial charge in [0.15, 0.2) is 17.1 Å². The van der Waals surface area contributed by atoms with E-state index in [2.05, 4.69) is 446 Å². The van der Waals surface area contributed by atoms with Crippen molar-refractivity contribution in [3.8, 4) is 22.6 Å². The molecule has 8 heterocycles. The van der Waals surface area contributed by atoms with Crippen LogP contribution in [-0.2, 0) is 60.3 Å². The van der Waals surface area contributed by atoms with Crippen LogP contribution in [-0.4, -0.2) is 20.0 Å². The summed E-state index contributed by atoms with van der Waals surface area (Å²) >= 11 is 0. The first-order valence-electron chi connectivity index (χ1n) is 48.0. The van der Waals surface area contributed by atoms with Gasteiger partial charge in [-0.25, -0.2) is 0 Å². The van der Waals surface area contributed by atoms with E-state index in [0.29, 0.717) is 19.4 Å². The van der Waals surface area contributed by atoms with Crippen molar-refractivity contribution < 1.29 is 18.6 Å². The largest absolute Gasteiger partial charge is 0.492 e. The van der Waals surface area contributed by atoms with Crippen LogP contribution in [0.3, 0.4) is 0 Å². The maximum absolute atomic E-state index is 8.07. The van der Waals surface area contributed by atoms with Crippen LogP contribution in [0.2, 0.25) is 0 Å². The Bertz CT molecular complexity index is 7130. The quantitative estimate of drug-likeness (QED) is 0.106. The average Bonchev–Trinajstić information content (AvgIpc) is 1.47. The molecule has 24 rings (SSSR count). The van der Waals surface area contributed by atoms with Gasteiger partial charge in [-0.1, -0.05) is 327 Å². The number of anilines is 11. The number of furan rings is 1. The first-order chi connectivity index (χ1) is 63.4. The molecule has 0 radical (unpaired) electrons. The predicted molar refractivity (Wildman–Crippen MR) is 547 cm³/mol. The summed E-state index contributed by atoms with van der Waals surface area (Å²) in [6.45, 7) is 38.1. The Morgan fingerprint density at radius 2 is 0.750 bits per heavy atom. The van der Waals surface area contributed by atoms with Gasteiger partial charge in [0.05, 0.1) is 16.8 Å². The molecule has 652 valence electrons. The molecule has 0 unspecified atom stereocenters. The van der Waals surface area contributed by atoms with Gasteiger partial charge in [0.1, 0.15) is 23.9 Å². The summed E-state index contributed by atoms with van der Waals surface area (Å²) in [6.07, 6.45) is 5.29. The molecule has 1 aromatic heterocycles. The molecule has 0 saturated heterocycles. The minimum Gasteiger partial charge on any atom is -0.492 e. The third-order valence-electron chi connectivity index (χ3n) is 32.0. The fourth-order valence-electron chi connectivity index (χ4n) is 24.6. The fraction of sp³-hybridized carbons (Fsp3) is 0.262. The summed E-state index contributed by atoms with van der Waals surface area (Å²) in [4.78, 5) is 10.2. The SMILES string of the molecule is Cc1cc2c3c(c1)N(c1ccc(C(C)(C)CCC(C)(C)c4ccc(N5c6cc(C)cc7c6B(c6cc8c(cc6N7c6ccc(C(C)(C)C)cc6)OCC86c7ccccc7-c7ccccc76)c6oc7c(c65)C(C)(C)CCC7(C)C)cc4)cc1)c1cc4c(cc1B3C1=C(OC(c3ccccc3)(c3ccccc3)C1)N2c1ccc(C(C)(C)C)cc1)CC(c1ccccc1)(c1ccccc1)O4. The molecule has 0 bridgehead atoms. The normalized spacial score (nSPS) is 17.2. The summed E-state index contributed by atoms with van der Waals surface area (Å²) in [5.74, 6) is 3.83. The van der Waals surface area contributed by atoms with Crippen LogP contribution in [0.25, 0.3) is 11.1 Å². The number of ether oxygens (including phenoxy) is 3. The zero-order valence-electron chi connectivity index (χ0n) is 79.0. The Balaban J connectivity index is 0.601. The molecule has 14 aromatic carbocycles. The molecule has 10 heteroatoms. The Morgan fingerprint density at radius 3 is 1.23 bits per heavy atom. The van der Waals surface area contributed by atoms with Crippen molar-refractivity contribution in [2.24, 2.45) is 0 Å². The van der Waals surface area contributed by atoms with Crippen molar-refractivity contribution in [2.45, 2.75) is 198 Å². The molecule has 8 nitrogen and oxygen atoms in total. The number of nitrogens with zero attached hydrogens (tertiary/aromatic N) is 4. The number of aryl methyl sites for hydroxylation is 2. The van der Waals surface area contributed by atoms with E-state index in [0.717, 1.165) is 133 Å². The highest BCUT2D eigenvalue weighted by atomic mass is 16.5. The summed E-state index contributed by atoms with van der Waals surface area (Å²) in [5, 5.41) is 0. The maximum atomic E-state index is 8.07. The Hall–Kier alpha value is -13.2. The van der Waals surface area contributed by atoms with Crippen LogP contribution < -0.4 is 56.6 Å². The van der Waals surface area contributed by atoms with Crippen LogP contribution in [0, 0.1) is 13.8 Å². The molecule has 132 heavy (non-hydrogen) atoms. The lowest BCUT2D eigenvalue weighted by Crippen LogP contribution is -2.61. The van der Waals surface area contributed by atoms with E-state index < -0.39 is 16.6 Å². The standard InChI is InChI=1S/C122H114B2N4O4/c1-76-66-102-109-103(67-76)127(110-107-111(119(15,16)64-63-118(107,13)14)130-112(110)124(109)97-70-95-106(72-100(97)126(102)87-53-45-79(46-54-87)114(3,4)5)129-75-120(95)93-43-31-29-41-91(93)92-42-30-32-44-94(92)120)89-59-51-82(52-60-89)117(11,12)62-61-116(9,10)81-49-57-88(58-50-81)125-99-71-105-78(73-121(131-105,83-33-21-17-22-34-83)84-35-23-18-24-36-84)69-96(99)123-98-74-122(85-37-25-19-26-38-85,86-39-27-20-28-40-86)132-113(98)128(104-68-77(2)65-101(125)108(104)123)90-55-47-80(48-56-90)115(6,7)8/h17-60,65-72H,61-64,73-75H2,1-16H3. The highest BCUT2D eigenvalue weighted by Crippen LogP contribution is 2.63. The van der Waals surface area contributed by atoms with Crippen LogP contribution in [0.5, 0.6) is 11.5 Å². The Morgan fingerprint density at radius 1 is 0.356 bits per heavy atom. The molecule has 1 spiro atoms. The topological polar surface area (TPSA) is 53.8 Å². The number of benzene rings is 14. The first kappa shape index (κ1) is 82.0. The second-order valence-electron chi connectivity index (χ2n) is 44.1. The third-order valence-corrected chi connectivity index (χ3v) is 32.0. The molecule has 7 aliphatic heterocycles. The van der Waals surface area contributed by atoms with E-state index >= 15 is 0 Å². The van der Waals surface area contributed by atoms with Gasteiger partial charge in [-0.2, -0.15) is 0 Å². The molecule has 0 N–H and O–H groups in total. The van der Waals surface area contributed by atoms with Gasteiger partial charge in [-0.15, -0.1) is 0 Å². The smallest absolute Gasteiger partial charge is 0.297 e. The third kappa shape index (κ3) is 12.2. The van der Waals surface area contributed by atoms with Crippen molar-refractivity contribution in [1.29, 1.82) is 0 Å². The average molecular weight is 1720 g/mol. The molecular formula is C122H114B2N4O4. The van der Waals surface area contributed by atoms with Crippen LogP contribution in [0.15, 0.2) is 331 Å². The van der Waals surface area contributed by atoms with Gasteiger partial charge in [0.25, 0.3) is 13.4 Å². The molecule has 9 aliphatic rings. The van der Waals surface area contributed by atoms with E-state index in [1.807, 2.05) is 0 Å². The number of hydrogen-bond donors (Lipinski definition) is 0. The second kappa shape index (κ2) is 28.9. The minimum absolute atomic E-state index is 0.0269. The summed E-state index contributed by atoms with van der Waals surface area (Å²) in [7, 11) is 0. The number of rotatable bonds is 13. The van der Waals surface area contributed by atoms with Crippen LogP contribution >= 0.6 is 0 Å². The van der Waals surface area contributed by atoms with E-state index in [1.54, 1.807) is 0 Å². The molecule has 0 fully saturated rings. The van der Waals surface area contributed by atoms with E-state index in [1.165, 1.54) is 105 Å². The fourth-order valence-corrected chi connectivity index (χ4v) is 24.6. The summed E-state index contributed by atoms with van der Waals surface area (Å²) in [5.41, 5.74) is 37.7. The lowest BCUT2D eigenvalue weighted by atomic mass is 9.32. The zero-order chi connectivity index (χ0) is 90.5. The van der Waals surface area contributed by atoms with Crippen molar-refractivity contribution in [3.63, 3.8) is 0 Å². The van der Waals surface area contributed by atoms with Crippen LogP contribution in [0.4, 0.5) is 62.6 Å². The Kier molecular flexibility index (Phi) is 18.0. The van der Waals surface area contributed by atoms with Crippen LogP contribution in [0.1, 0.15) is 218 Å². The molecule has 15 aromatic rings.